The molecular formula is C11H12ClNO7S. The molecule has 3 N–H and O–H groups in total. The smallest absolute Gasteiger partial charge is 0.337 e. The molecule has 1 aromatic rings. The van der Waals surface area contributed by atoms with Crippen LogP contribution in [0.25, 0.3) is 0 Å². The highest BCUT2D eigenvalue weighted by Gasteiger charge is 2.23. The predicted molar refractivity (Wildman–Crippen MR) is 71.6 cm³/mol. The Kier molecular flexibility index (Phi) is 5.67. The molecule has 0 saturated heterocycles. The maximum absolute atomic E-state index is 12.0. The van der Waals surface area contributed by atoms with Crippen LogP contribution in [0, 0.1) is 0 Å². The van der Waals surface area contributed by atoms with Crippen molar-refractivity contribution >= 4 is 33.6 Å². The number of hydrogen-bond donors (Lipinski definition) is 3. The second kappa shape index (κ2) is 6.85. The number of ether oxygens (including phenoxy) is 1. The van der Waals surface area contributed by atoms with E-state index in [1.807, 2.05) is 4.72 Å². The Bertz CT molecular complexity index is 659. The average molecular weight is 338 g/mol. The van der Waals surface area contributed by atoms with Gasteiger partial charge in [0, 0.05) is 6.54 Å². The third kappa shape index (κ3) is 4.39. The molecule has 21 heavy (non-hydrogen) atoms. The molecule has 1 rings (SSSR count). The van der Waals surface area contributed by atoms with Crippen molar-refractivity contribution in [1.82, 2.24) is 4.72 Å². The number of benzene rings is 1. The lowest BCUT2D eigenvalue weighted by Crippen LogP contribution is -2.36. The lowest BCUT2D eigenvalue weighted by atomic mass is 10.2. The van der Waals surface area contributed by atoms with Crippen molar-refractivity contribution in [1.29, 1.82) is 0 Å². The van der Waals surface area contributed by atoms with E-state index in [0.29, 0.717) is 0 Å². The van der Waals surface area contributed by atoms with Gasteiger partial charge in [0.25, 0.3) is 0 Å². The highest BCUT2D eigenvalue weighted by atomic mass is 35.5. The summed E-state index contributed by atoms with van der Waals surface area (Å²) in [7, 11) is -3.07. The van der Waals surface area contributed by atoms with Crippen molar-refractivity contribution in [2.45, 2.75) is 11.0 Å². The van der Waals surface area contributed by atoms with Crippen LogP contribution in [0.1, 0.15) is 10.4 Å². The van der Waals surface area contributed by atoms with Gasteiger partial charge in [-0.05, 0) is 18.2 Å². The minimum Gasteiger partial charge on any atom is -0.479 e. The van der Waals surface area contributed by atoms with Crippen molar-refractivity contribution in [2.24, 2.45) is 0 Å². The average Bonchev–Trinajstić information content (AvgIpc) is 2.44. The lowest BCUT2D eigenvalue weighted by molar-refractivity contribution is -0.146. The van der Waals surface area contributed by atoms with E-state index in [1.165, 1.54) is 12.1 Å². The number of esters is 1. The number of nitrogens with one attached hydrogen (secondary N) is 1. The Morgan fingerprint density at radius 2 is 2.05 bits per heavy atom. The third-order valence-corrected chi connectivity index (χ3v) is 4.30. The minimum atomic E-state index is -4.20. The monoisotopic (exact) mass is 337 g/mol. The quantitative estimate of drug-likeness (QED) is 0.615. The first kappa shape index (κ1) is 17.4. The van der Waals surface area contributed by atoms with Crippen LogP contribution in [0.5, 0.6) is 0 Å². The first-order valence-corrected chi connectivity index (χ1v) is 7.33. The van der Waals surface area contributed by atoms with Gasteiger partial charge in [-0.1, -0.05) is 11.6 Å². The standard InChI is InChI=1S/C11H12ClNO7S/c1-20-11(17)6-2-3-7(12)9(4-6)21(18,19)13-5-8(14)10(15)16/h2-4,8,13-14H,5H2,1H3,(H,15,16). The van der Waals surface area contributed by atoms with E-state index in [1.54, 1.807) is 0 Å². The second-order valence-corrected chi connectivity index (χ2v) is 5.99. The summed E-state index contributed by atoms with van der Waals surface area (Å²) in [6, 6.07) is 3.46. The molecule has 10 heteroatoms. The summed E-state index contributed by atoms with van der Waals surface area (Å²) in [6.45, 7) is -0.740. The number of methoxy groups -OCH3 is 1. The van der Waals surface area contributed by atoms with Gasteiger partial charge in [0.1, 0.15) is 4.90 Å². The van der Waals surface area contributed by atoms with Crippen LogP contribution in [0.2, 0.25) is 5.02 Å². The van der Waals surface area contributed by atoms with Gasteiger partial charge in [-0.15, -0.1) is 0 Å². The van der Waals surface area contributed by atoms with E-state index in [9.17, 15) is 18.0 Å². The molecule has 1 unspecified atom stereocenters. The van der Waals surface area contributed by atoms with Crippen LogP contribution in [-0.4, -0.2) is 50.3 Å². The Hall–Kier alpha value is -1.68. The van der Waals surface area contributed by atoms with E-state index >= 15 is 0 Å². The van der Waals surface area contributed by atoms with Crippen molar-refractivity contribution in [3.05, 3.63) is 28.8 Å². The Balaban J connectivity index is 3.07. The Labute approximate surface area is 125 Å². The first-order valence-electron chi connectivity index (χ1n) is 5.47. The summed E-state index contributed by atoms with van der Waals surface area (Å²) in [5.74, 6) is -2.33. The number of carboxylic acids is 1. The molecule has 0 aromatic heterocycles. The number of carbonyl (C=O) groups excluding carboxylic acids is 1. The summed E-state index contributed by atoms with van der Waals surface area (Å²) in [6.07, 6.45) is -1.90. The SMILES string of the molecule is COC(=O)c1ccc(Cl)c(S(=O)(=O)NCC(O)C(=O)O)c1. The molecule has 0 fully saturated rings. The summed E-state index contributed by atoms with van der Waals surface area (Å²) in [5, 5.41) is 17.4. The van der Waals surface area contributed by atoms with Gasteiger partial charge in [-0.2, -0.15) is 0 Å². The fourth-order valence-corrected chi connectivity index (χ4v) is 2.87. The van der Waals surface area contributed by atoms with Crippen molar-refractivity contribution in [3.8, 4) is 0 Å². The minimum absolute atomic E-state index is 0.0407. The van der Waals surface area contributed by atoms with Gasteiger partial charge < -0.3 is 14.9 Å². The molecule has 0 amide bonds. The summed E-state index contributed by atoms with van der Waals surface area (Å²) < 4.78 is 30.3. The van der Waals surface area contributed by atoms with Crippen LogP contribution in [-0.2, 0) is 19.6 Å². The molecule has 0 aliphatic carbocycles. The molecule has 0 heterocycles. The van der Waals surface area contributed by atoms with Crippen molar-refractivity contribution in [3.63, 3.8) is 0 Å². The van der Waals surface area contributed by atoms with Crippen LogP contribution >= 0.6 is 11.6 Å². The zero-order valence-corrected chi connectivity index (χ0v) is 12.3. The largest absolute Gasteiger partial charge is 0.479 e. The lowest BCUT2D eigenvalue weighted by Gasteiger charge is -2.11. The number of hydrogen-bond acceptors (Lipinski definition) is 6. The van der Waals surface area contributed by atoms with Gasteiger partial charge in [-0.25, -0.2) is 22.7 Å². The highest BCUT2D eigenvalue weighted by molar-refractivity contribution is 7.89. The van der Waals surface area contributed by atoms with E-state index < -0.39 is 39.5 Å². The molecule has 1 atom stereocenters. The number of carboxylic acid groups (broad SMARTS) is 1. The number of aliphatic hydroxyl groups excluding tert-OH is 1. The fraction of sp³-hybridized carbons (Fsp3) is 0.273. The van der Waals surface area contributed by atoms with E-state index in [4.69, 9.17) is 21.8 Å². The molecule has 1 aromatic carbocycles. The normalized spacial score (nSPS) is 12.7. The fourth-order valence-electron chi connectivity index (χ4n) is 1.31. The molecule has 0 bridgehead atoms. The molecule has 0 radical (unpaired) electrons. The van der Waals surface area contributed by atoms with Crippen molar-refractivity contribution < 1.29 is 33.0 Å². The van der Waals surface area contributed by atoms with Gasteiger partial charge in [0.15, 0.2) is 6.10 Å². The summed E-state index contributed by atoms with van der Waals surface area (Å²) >= 11 is 5.76. The van der Waals surface area contributed by atoms with Gasteiger partial charge in [-0.3, -0.25) is 0 Å². The molecule has 0 saturated carbocycles. The summed E-state index contributed by atoms with van der Waals surface area (Å²) in [5.41, 5.74) is -0.0407. The number of carbonyl (C=O) groups is 2. The van der Waals surface area contributed by atoms with Gasteiger partial charge >= 0.3 is 11.9 Å². The van der Waals surface area contributed by atoms with Crippen LogP contribution in [0.15, 0.2) is 23.1 Å². The van der Waals surface area contributed by atoms with Crippen LogP contribution < -0.4 is 4.72 Å². The molecule has 8 nitrogen and oxygen atoms in total. The summed E-state index contributed by atoms with van der Waals surface area (Å²) in [4.78, 5) is 21.4. The second-order valence-electron chi connectivity index (χ2n) is 3.84. The third-order valence-electron chi connectivity index (χ3n) is 2.39. The highest BCUT2D eigenvalue weighted by Crippen LogP contribution is 2.23. The van der Waals surface area contributed by atoms with Gasteiger partial charge in [0.05, 0.1) is 17.7 Å². The van der Waals surface area contributed by atoms with Crippen molar-refractivity contribution in [2.75, 3.05) is 13.7 Å². The van der Waals surface area contributed by atoms with E-state index in [0.717, 1.165) is 13.2 Å². The number of halogens is 1. The van der Waals surface area contributed by atoms with Crippen LogP contribution in [0.3, 0.4) is 0 Å². The molecule has 0 aliphatic rings. The topological polar surface area (TPSA) is 130 Å². The van der Waals surface area contributed by atoms with E-state index in [2.05, 4.69) is 4.74 Å². The maximum atomic E-state index is 12.0. The molecule has 0 aliphatic heterocycles. The number of sulfonamides is 1. The molecule has 116 valence electrons. The zero-order valence-electron chi connectivity index (χ0n) is 10.7. The predicted octanol–water partition coefficient (Wildman–Crippen LogP) is -0.150. The molecular weight excluding hydrogens is 326 g/mol. The van der Waals surface area contributed by atoms with Gasteiger partial charge in [0.2, 0.25) is 10.0 Å². The zero-order chi connectivity index (χ0) is 16.2. The maximum Gasteiger partial charge on any atom is 0.337 e. The van der Waals surface area contributed by atoms with Crippen LogP contribution in [0.4, 0.5) is 0 Å². The Morgan fingerprint density at radius 3 is 2.57 bits per heavy atom. The number of aliphatic carboxylic acids is 1. The molecule has 0 spiro atoms. The number of aliphatic hydroxyl groups is 1. The first-order chi connectivity index (χ1) is 9.69. The van der Waals surface area contributed by atoms with E-state index in [-0.39, 0.29) is 10.6 Å². The Morgan fingerprint density at radius 1 is 1.43 bits per heavy atom. The number of rotatable bonds is 6.